The van der Waals surface area contributed by atoms with Crippen LogP contribution in [0.15, 0.2) is 36.4 Å². The second kappa shape index (κ2) is 15.6. The summed E-state index contributed by atoms with van der Waals surface area (Å²) < 4.78 is 11.2. The topological polar surface area (TPSA) is 152 Å². The summed E-state index contributed by atoms with van der Waals surface area (Å²) in [7, 11) is 0. The summed E-state index contributed by atoms with van der Waals surface area (Å²) in [6.45, 7) is 6.66. The lowest BCUT2D eigenvalue weighted by Gasteiger charge is -2.44. The summed E-state index contributed by atoms with van der Waals surface area (Å²) >= 11 is 0. The fourth-order valence-corrected chi connectivity index (χ4v) is 8.06. The van der Waals surface area contributed by atoms with Gasteiger partial charge < -0.3 is 39.7 Å². The number of benzene rings is 2. The number of rotatable bonds is 7. The monoisotopic (exact) mass is 691 g/mol. The van der Waals surface area contributed by atoms with Gasteiger partial charge >= 0.3 is 18.3 Å². The van der Waals surface area contributed by atoms with Gasteiger partial charge in [-0.3, -0.25) is 9.69 Å². The number of aromatic hydroxyl groups is 1. The molecule has 3 N–H and O–H groups in total. The smallest absolute Gasteiger partial charge is 0.507 e. The van der Waals surface area contributed by atoms with Crippen LogP contribution in [0, 0.1) is 13.8 Å². The number of hydrogen-bond acceptors (Lipinski definition) is 8. The van der Waals surface area contributed by atoms with E-state index in [9.17, 15) is 29.4 Å². The molecule has 4 aliphatic rings. The second-order valence-electron chi connectivity index (χ2n) is 14.0. The van der Waals surface area contributed by atoms with Crippen molar-refractivity contribution >= 4 is 29.9 Å². The number of amides is 4. The number of fused-ring (bicyclic) bond motifs is 1. The number of urea groups is 1. The maximum absolute atomic E-state index is 14.1. The van der Waals surface area contributed by atoms with Crippen molar-refractivity contribution in [3.63, 3.8) is 0 Å². The van der Waals surface area contributed by atoms with E-state index in [4.69, 9.17) is 9.47 Å². The van der Waals surface area contributed by atoms with Crippen LogP contribution in [0.2, 0.25) is 0 Å². The average Bonchev–Trinajstić information content (AvgIpc) is 3.28. The van der Waals surface area contributed by atoms with Gasteiger partial charge in [0.25, 0.3) is 5.91 Å². The van der Waals surface area contributed by atoms with Gasteiger partial charge in [-0.25, -0.2) is 14.4 Å². The van der Waals surface area contributed by atoms with Gasteiger partial charge in [-0.05, 0) is 93.5 Å². The molecule has 3 saturated heterocycles. The summed E-state index contributed by atoms with van der Waals surface area (Å²) in [6.07, 6.45) is 2.61. The molecule has 0 spiro atoms. The van der Waals surface area contributed by atoms with Gasteiger partial charge in [-0.2, -0.15) is 0 Å². The number of ether oxygens (including phenoxy) is 2. The van der Waals surface area contributed by atoms with E-state index in [2.05, 4.69) is 10.2 Å². The number of phenolic OH excluding ortho intramolecular Hbond substituents is 1. The van der Waals surface area contributed by atoms with Gasteiger partial charge in [0.2, 0.25) is 0 Å². The highest BCUT2D eigenvalue weighted by atomic mass is 16.7. The lowest BCUT2D eigenvalue weighted by Crippen LogP contribution is -2.55. The zero-order valence-corrected chi connectivity index (χ0v) is 29.0. The minimum Gasteiger partial charge on any atom is -0.507 e. The zero-order valence-electron chi connectivity index (χ0n) is 29.0. The molecule has 4 amide bonds. The Morgan fingerprint density at radius 1 is 0.880 bits per heavy atom. The van der Waals surface area contributed by atoms with Crippen LogP contribution in [0.5, 0.6) is 5.75 Å². The number of nitrogens with zero attached hydrogens (tertiary/aromatic N) is 4. The average molecular weight is 692 g/mol. The molecular formula is C37H49N5O8. The number of nitrogens with one attached hydrogen (secondary N) is 1. The molecule has 0 bridgehead atoms. The Hall–Kier alpha value is -4.52. The molecule has 0 aromatic heterocycles. The molecule has 13 nitrogen and oxygen atoms in total. The van der Waals surface area contributed by atoms with Gasteiger partial charge in [0.1, 0.15) is 5.75 Å². The molecule has 0 aliphatic carbocycles. The number of anilines is 1. The van der Waals surface area contributed by atoms with E-state index in [1.165, 1.54) is 0 Å². The number of carbonyl (C=O) groups excluding carboxylic acids is 3. The fourth-order valence-electron chi connectivity index (χ4n) is 8.06. The number of para-hydroxylation sites is 1. The van der Waals surface area contributed by atoms with Gasteiger partial charge in [-0.1, -0.05) is 30.3 Å². The molecule has 4 heterocycles. The third-order valence-electron chi connectivity index (χ3n) is 10.8. The molecule has 2 aromatic rings. The number of phenols is 1. The van der Waals surface area contributed by atoms with Crippen LogP contribution in [0.3, 0.4) is 0 Å². The standard InChI is InChI=1S/C37H49N5O8/c1-24-21-26(22-25(2)33(24)43)23-31(34(44)39-16-11-28(12-17-39)41-15-6-5-9-32(41)50-37(47)48)49-36(46)40-18-13-29(14-19-40)42-20-10-27-7-3-4-8-30(27)38-35(42)45/h3-4,7-8,21-22,28-29,31-32,43H,5-6,9-20,23H2,1-2H3,(H,38,45)(H,47,48)/t31-,32+/m1/s1. The number of hydrogen-bond donors (Lipinski definition) is 3. The molecule has 50 heavy (non-hydrogen) atoms. The maximum Gasteiger partial charge on any atom is 0.507 e. The Labute approximate surface area is 293 Å². The highest BCUT2D eigenvalue weighted by Gasteiger charge is 2.38. The van der Waals surface area contributed by atoms with Crippen LogP contribution in [0.4, 0.5) is 20.1 Å². The van der Waals surface area contributed by atoms with E-state index in [0.29, 0.717) is 76.0 Å². The summed E-state index contributed by atoms with van der Waals surface area (Å²) in [4.78, 5) is 59.5. The Bertz CT molecular complexity index is 1550. The molecule has 0 saturated carbocycles. The molecule has 0 unspecified atom stereocenters. The van der Waals surface area contributed by atoms with Crippen molar-refractivity contribution in [2.75, 3.05) is 44.6 Å². The van der Waals surface area contributed by atoms with Crippen molar-refractivity contribution in [1.82, 2.24) is 19.6 Å². The number of carbonyl (C=O) groups is 4. The van der Waals surface area contributed by atoms with E-state index in [0.717, 1.165) is 42.6 Å². The van der Waals surface area contributed by atoms with Gasteiger partial charge in [0.15, 0.2) is 12.3 Å². The van der Waals surface area contributed by atoms with E-state index < -0.39 is 24.6 Å². The zero-order chi connectivity index (χ0) is 35.4. The molecule has 270 valence electrons. The SMILES string of the molecule is Cc1cc(C[C@@H](OC(=O)N2CCC(N3CCc4ccccc4NC3=O)CC2)C(=O)N2CCC(N3CCCC[C@@H]3OC(=O)O)CC2)cc(C)c1O. The quantitative estimate of drug-likeness (QED) is 0.337. The van der Waals surface area contributed by atoms with E-state index >= 15 is 0 Å². The molecule has 13 heteroatoms. The highest BCUT2D eigenvalue weighted by Crippen LogP contribution is 2.29. The second-order valence-corrected chi connectivity index (χ2v) is 14.0. The molecule has 6 rings (SSSR count). The lowest BCUT2D eigenvalue weighted by atomic mass is 9.97. The number of likely N-dealkylation sites (tertiary alicyclic amines) is 3. The summed E-state index contributed by atoms with van der Waals surface area (Å²) in [5.74, 6) is -0.0729. The summed E-state index contributed by atoms with van der Waals surface area (Å²) in [5.41, 5.74) is 4.09. The fraction of sp³-hybridized carbons (Fsp3) is 0.568. The molecule has 0 radical (unpaired) electrons. The summed E-state index contributed by atoms with van der Waals surface area (Å²) in [6, 6.07) is 11.4. The van der Waals surface area contributed by atoms with E-state index in [-0.39, 0.29) is 36.2 Å². The van der Waals surface area contributed by atoms with Crippen LogP contribution >= 0.6 is 0 Å². The third-order valence-corrected chi connectivity index (χ3v) is 10.8. The van der Waals surface area contributed by atoms with Gasteiger partial charge in [0.05, 0.1) is 0 Å². The van der Waals surface area contributed by atoms with Crippen molar-refractivity contribution in [2.24, 2.45) is 0 Å². The Morgan fingerprint density at radius 3 is 2.24 bits per heavy atom. The Balaban J connectivity index is 1.09. The first-order chi connectivity index (χ1) is 24.1. The van der Waals surface area contributed by atoms with Crippen molar-refractivity contribution in [3.8, 4) is 5.75 Å². The molecule has 3 fully saturated rings. The number of carboxylic acid groups (broad SMARTS) is 1. The van der Waals surface area contributed by atoms with Crippen LogP contribution in [0.1, 0.15) is 67.2 Å². The van der Waals surface area contributed by atoms with Gasteiger partial charge in [0, 0.05) is 63.5 Å². The lowest BCUT2D eigenvalue weighted by molar-refractivity contribution is -0.143. The first-order valence-corrected chi connectivity index (χ1v) is 17.9. The molecular weight excluding hydrogens is 642 g/mol. The summed E-state index contributed by atoms with van der Waals surface area (Å²) in [5, 5.41) is 22.6. The van der Waals surface area contributed by atoms with Crippen molar-refractivity contribution < 1.29 is 38.9 Å². The Kier molecular flexibility index (Phi) is 11.0. The van der Waals surface area contributed by atoms with Crippen molar-refractivity contribution in [3.05, 3.63) is 58.7 Å². The predicted molar refractivity (Wildman–Crippen MR) is 185 cm³/mol. The first-order valence-electron chi connectivity index (χ1n) is 17.9. The highest BCUT2D eigenvalue weighted by molar-refractivity contribution is 5.91. The number of piperidine rings is 3. The Morgan fingerprint density at radius 2 is 1.54 bits per heavy atom. The normalized spacial score (nSPS) is 21.5. The van der Waals surface area contributed by atoms with Crippen LogP contribution in [-0.2, 0) is 27.1 Å². The molecule has 2 atom stereocenters. The first kappa shape index (κ1) is 35.3. The predicted octanol–water partition coefficient (Wildman–Crippen LogP) is 5.11. The molecule has 2 aromatic carbocycles. The van der Waals surface area contributed by atoms with Crippen molar-refractivity contribution in [2.45, 2.75) is 96.1 Å². The van der Waals surface area contributed by atoms with Crippen LogP contribution in [-0.4, -0.2) is 118 Å². The van der Waals surface area contributed by atoms with Crippen LogP contribution in [0.25, 0.3) is 0 Å². The molecule has 4 aliphatic heterocycles. The largest absolute Gasteiger partial charge is 0.507 e. The van der Waals surface area contributed by atoms with Gasteiger partial charge in [-0.15, -0.1) is 0 Å². The minimum atomic E-state index is -1.28. The van der Waals surface area contributed by atoms with E-state index in [1.54, 1.807) is 23.6 Å². The number of aryl methyl sites for hydroxylation is 2. The van der Waals surface area contributed by atoms with Crippen LogP contribution < -0.4 is 5.32 Å². The van der Waals surface area contributed by atoms with E-state index in [1.807, 2.05) is 41.3 Å². The maximum atomic E-state index is 14.1. The van der Waals surface area contributed by atoms with Crippen molar-refractivity contribution in [1.29, 1.82) is 0 Å². The minimum absolute atomic E-state index is 0.0181. The third kappa shape index (κ3) is 8.09.